The molecule has 2 fully saturated rings. The second-order valence-electron chi connectivity index (χ2n) is 11.2. The number of hydrogen-bond donors (Lipinski definition) is 0. The Hall–Kier alpha value is -1.26. The highest BCUT2D eigenvalue weighted by Crippen LogP contribution is 2.43. The monoisotopic (exact) mass is 498 g/mol. The van der Waals surface area contributed by atoms with Crippen molar-refractivity contribution in [2.75, 3.05) is 0 Å². The van der Waals surface area contributed by atoms with Crippen LogP contribution in [0.15, 0.2) is 12.1 Å². The topological polar surface area (TPSA) is 9.23 Å². The minimum absolute atomic E-state index is 0.255. The van der Waals surface area contributed by atoms with Gasteiger partial charge >= 0.3 is 6.61 Å². The maximum atomic E-state index is 14.3. The molecule has 2 aliphatic carbocycles. The van der Waals surface area contributed by atoms with Crippen LogP contribution in [0.25, 0.3) is 0 Å². The Kier molecular flexibility index (Phi) is 12.2. The van der Waals surface area contributed by atoms with Gasteiger partial charge in [-0.2, -0.15) is 13.2 Å². The SMILES string of the molecule is CCCCCCCCCC1CCC(C2CCC(CCc3ccc(OC(F)F)c(F)c3F)CC2)CC1. The summed E-state index contributed by atoms with van der Waals surface area (Å²) in [6.45, 7) is -0.889. The van der Waals surface area contributed by atoms with E-state index in [1.54, 1.807) is 0 Å². The van der Waals surface area contributed by atoms with E-state index in [1.165, 1.54) is 109 Å². The molecule has 3 rings (SSSR count). The van der Waals surface area contributed by atoms with Crippen LogP contribution in [-0.4, -0.2) is 6.61 Å². The van der Waals surface area contributed by atoms with Gasteiger partial charge in [0, 0.05) is 0 Å². The van der Waals surface area contributed by atoms with Crippen molar-refractivity contribution in [1.29, 1.82) is 0 Å². The number of rotatable bonds is 14. The Bertz CT molecular complexity index is 721. The fourth-order valence-electron chi connectivity index (χ4n) is 6.60. The molecule has 1 nitrogen and oxygen atoms in total. The van der Waals surface area contributed by atoms with Gasteiger partial charge in [-0.05, 0) is 73.8 Å². The van der Waals surface area contributed by atoms with E-state index in [1.807, 2.05) is 0 Å². The van der Waals surface area contributed by atoms with Crippen LogP contribution >= 0.6 is 0 Å². The van der Waals surface area contributed by atoms with Crippen LogP contribution in [0.5, 0.6) is 5.75 Å². The second-order valence-corrected chi connectivity index (χ2v) is 11.2. The van der Waals surface area contributed by atoms with E-state index in [9.17, 15) is 17.6 Å². The number of halogens is 4. The number of hydrogen-bond acceptors (Lipinski definition) is 1. The number of unbranched alkanes of at least 4 members (excludes halogenated alkanes) is 6. The van der Waals surface area contributed by atoms with Crippen molar-refractivity contribution in [3.63, 3.8) is 0 Å². The summed E-state index contributed by atoms with van der Waals surface area (Å²) < 4.78 is 56.9. The third-order valence-corrected chi connectivity index (χ3v) is 8.83. The highest BCUT2D eigenvalue weighted by Gasteiger charge is 2.31. The van der Waals surface area contributed by atoms with E-state index in [0.29, 0.717) is 12.3 Å². The van der Waals surface area contributed by atoms with E-state index < -0.39 is 24.0 Å². The molecule has 0 aromatic heterocycles. The summed E-state index contributed by atoms with van der Waals surface area (Å²) in [4.78, 5) is 0. The quantitative estimate of drug-likeness (QED) is 0.183. The van der Waals surface area contributed by atoms with Gasteiger partial charge in [-0.3, -0.25) is 0 Å². The average molecular weight is 499 g/mol. The summed E-state index contributed by atoms with van der Waals surface area (Å²) >= 11 is 0. The molecule has 0 spiro atoms. The van der Waals surface area contributed by atoms with Crippen LogP contribution in [0.1, 0.15) is 122 Å². The molecule has 0 radical (unpaired) electrons. The van der Waals surface area contributed by atoms with Crippen molar-refractivity contribution < 1.29 is 22.3 Å². The van der Waals surface area contributed by atoms with E-state index in [-0.39, 0.29) is 5.56 Å². The minimum atomic E-state index is -3.16. The lowest BCUT2D eigenvalue weighted by atomic mass is 9.68. The van der Waals surface area contributed by atoms with Crippen molar-refractivity contribution >= 4 is 0 Å². The smallest absolute Gasteiger partial charge is 0.387 e. The first-order valence-electron chi connectivity index (χ1n) is 14.4. The predicted octanol–water partition coefficient (Wildman–Crippen LogP) is 10.3. The van der Waals surface area contributed by atoms with Crippen LogP contribution < -0.4 is 4.74 Å². The summed E-state index contributed by atoms with van der Waals surface area (Å²) in [7, 11) is 0. The van der Waals surface area contributed by atoms with Crippen LogP contribution in [0.3, 0.4) is 0 Å². The highest BCUT2D eigenvalue weighted by atomic mass is 19.3. The number of ether oxygens (including phenoxy) is 1. The van der Waals surface area contributed by atoms with E-state index in [4.69, 9.17) is 0 Å². The Morgan fingerprint density at radius 3 is 1.83 bits per heavy atom. The van der Waals surface area contributed by atoms with Gasteiger partial charge in [0.15, 0.2) is 11.6 Å². The van der Waals surface area contributed by atoms with Crippen molar-refractivity contribution in [1.82, 2.24) is 0 Å². The van der Waals surface area contributed by atoms with Gasteiger partial charge in [-0.1, -0.05) is 90.0 Å². The summed E-state index contributed by atoms with van der Waals surface area (Å²) in [6, 6.07) is 2.49. The van der Waals surface area contributed by atoms with E-state index in [0.717, 1.165) is 30.2 Å². The molecule has 200 valence electrons. The van der Waals surface area contributed by atoms with Crippen molar-refractivity contribution in [2.45, 2.75) is 129 Å². The first-order valence-corrected chi connectivity index (χ1v) is 14.4. The first-order chi connectivity index (χ1) is 17.0. The van der Waals surface area contributed by atoms with E-state index in [2.05, 4.69) is 11.7 Å². The molecule has 0 heterocycles. The molecular formula is C30H46F4O. The third kappa shape index (κ3) is 9.28. The van der Waals surface area contributed by atoms with Gasteiger partial charge in [-0.25, -0.2) is 4.39 Å². The molecule has 35 heavy (non-hydrogen) atoms. The normalized spacial score (nSPS) is 25.2. The van der Waals surface area contributed by atoms with Crippen molar-refractivity contribution in [2.24, 2.45) is 23.7 Å². The van der Waals surface area contributed by atoms with Crippen molar-refractivity contribution in [3.8, 4) is 5.75 Å². The van der Waals surface area contributed by atoms with Crippen LogP contribution in [0.2, 0.25) is 0 Å². The Morgan fingerprint density at radius 1 is 0.714 bits per heavy atom. The van der Waals surface area contributed by atoms with Crippen molar-refractivity contribution in [3.05, 3.63) is 29.3 Å². The Labute approximate surface area is 210 Å². The summed E-state index contributed by atoms with van der Waals surface area (Å²) in [5, 5.41) is 0. The Balaban J connectivity index is 1.30. The second kappa shape index (κ2) is 15.1. The largest absolute Gasteiger partial charge is 0.432 e. The molecule has 5 heteroatoms. The first kappa shape index (κ1) is 28.3. The number of benzene rings is 1. The van der Waals surface area contributed by atoms with Gasteiger partial charge in [0.05, 0.1) is 0 Å². The maximum Gasteiger partial charge on any atom is 0.387 e. The molecule has 0 bridgehead atoms. The van der Waals surface area contributed by atoms with E-state index >= 15 is 0 Å². The average Bonchev–Trinajstić information content (AvgIpc) is 2.86. The van der Waals surface area contributed by atoms with Gasteiger partial charge in [0.25, 0.3) is 0 Å². The highest BCUT2D eigenvalue weighted by molar-refractivity contribution is 5.31. The van der Waals surface area contributed by atoms with Crippen LogP contribution in [-0.2, 0) is 6.42 Å². The third-order valence-electron chi connectivity index (χ3n) is 8.83. The molecule has 1 aromatic rings. The summed E-state index contributed by atoms with van der Waals surface area (Å²) in [6.07, 6.45) is 22.9. The standard InChI is InChI=1S/C30H46F4O/c1-2-3-4-5-6-7-8-9-22-10-15-24(16-11-22)25-17-12-23(13-18-25)14-19-26-20-21-27(35-30(33)34)29(32)28(26)31/h20-25,30H,2-19H2,1H3. The maximum absolute atomic E-state index is 14.3. The lowest BCUT2D eigenvalue weighted by molar-refractivity contribution is -0.0525. The zero-order valence-electron chi connectivity index (χ0n) is 21.7. The number of aryl methyl sites for hydroxylation is 1. The molecule has 0 aliphatic heterocycles. The van der Waals surface area contributed by atoms with Gasteiger partial charge in [-0.15, -0.1) is 0 Å². The zero-order chi connectivity index (χ0) is 25.0. The fraction of sp³-hybridized carbons (Fsp3) is 0.800. The summed E-state index contributed by atoms with van der Waals surface area (Å²) in [5.74, 6) is 0.129. The molecule has 0 N–H and O–H groups in total. The molecule has 0 amide bonds. The van der Waals surface area contributed by atoms with Gasteiger partial charge in [0.1, 0.15) is 0 Å². The molecule has 0 saturated heterocycles. The van der Waals surface area contributed by atoms with Crippen LogP contribution in [0.4, 0.5) is 17.6 Å². The lowest BCUT2D eigenvalue weighted by Gasteiger charge is -2.38. The minimum Gasteiger partial charge on any atom is -0.432 e. The van der Waals surface area contributed by atoms with Gasteiger partial charge in [0.2, 0.25) is 5.82 Å². The molecule has 2 aliphatic rings. The Morgan fingerprint density at radius 2 is 1.26 bits per heavy atom. The molecule has 0 atom stereocenters. The summed E-state index contributed by atoms with van der Waals surface area (Å²) in [5.41, 5.74) is 0.255. The van der Waals surface area contributed by atoms with Gasteiger partial charge < -0.3 is 4.74 Å². The predicted molar refractivity (Wildman–Crippen MR) is 135 cm³/mol. The van der Waals surface area contributed by atoms with Crippen LogP contribution in [0, 0.1) is 35.3 Å². The molecule has 0 unspecified atom stereocenters. The molecule has 2 saturated carbocycles. The molecular weight excluding hydrogens is 452 g/mol. The lowest BCUT2D eigenvalue weighted by Crippen LogP contribution is -2.26. The number of alkyl halides is 2. The fourth-order valence-corrected chi connectivity index (χ4v) is 6.60. The molecule has 1 aromatic carbocycles. The zero-order valence-corrected chi connectivity index (χ0v) is 21.7.